The van der Waals surface area contributed by atoms with Crippen LogP contribution in [0.4, 0.5) is 24.8 Å². The number of rotatable bonds is 8. The second-order valence-electron chi connectivity index (χ2n) is 10.6. The van der Waals surface area contributed by atoms with Gasteiger partial charge in [0, 0.05) is 50.1 Å². The number of amides is 2. The van der Waals surface area contributed by atoms with Crippen LogP contribution >= 0.6 is 11.3 Å². The van der Waals surface area contributed by atoms with Gasteiger partial charge in [-0.25, -0.2) is 15.0 Å². The number of likely N-dealkylation sites (tertiary alicyclic amines) is 1. The molecule has 1 aromatic carbocycles. The Morgan fingerprint density at radius 2 is 2.00 bits per heavy atom. The molecule has 0 radical (unpaired) electrons. The van der Waals surface area contributed by atoms with Gasteiger partial charge in [0.05, 0.1) is 4.88 Å². The molecule has 3 N–H and O–H groups in total. The molecule has 1 aliphatic heterocycles. The number of aromatic nitrogens is 3. The summed E-state index contributed by atoms with van der Waals surface area (Å²) in [7, 11) is 0. The third-order valence-corrected chi connectivity index (χ3v) is 8.74. The maximum atomic E-state index is 13.0. The Balaban J connectivity index is 1.20. The summed E-state index contributed by atoms with van der Waals surface area (Å²) in [5.74, 6) is -0.288. The minimum absolute atomic E-state index is 0.0527. The van der Waals surface area contributed by atoms with E-state index in [2.05, 4.69) is 25.6 Å². The molecule has 9 nitrogen and oxygen atoms in total. The van der Waals surface area contributed by atoms with Crippen molar-refractivity contribution in [2.45, 2.75) is 57.2 Å². The third-order valence-electron chi connectivity index (χ3n) is 7.50. The fourth-order valence-electron chi connectivity index (χ4n) is 5.30. The highest BCUT2D eigenvalue weighted by atomic mass is 32.1. The summed E-state index contributed by atoms with van der Waals surface area (Å²) in [5, 5.41) is 17.7. The van der Waals surface area contributed by atoms with Crippen LogP contribution in [0.1, 0.15) is 54.8 Å². The molecular weight excluding hydrogens is 557 g/mol. The SMILES string of the molecule is Cc1cc(Nc2nccc(C(F)(F)F)n2)cc(-c2cnc([C@]3(O)CC[C@H](C(=O)NCCN4CCCC4=O)CC3)s2)c1. The number of nitrogens with zero attached hydrogens (tertiary/aromatic N) is 4. The van der Waals surface area contributed by atoms with Crippen LogP contribution in [0.25, 0.3) is 10.4 Å². The number of nitrogens with one attached hydrogen (secondary N) is 2. The summed E-state index contributed by atoms with van der Waals surface area (Å²) in [5.41, 5.74) is 0.00329. The molecule has 1 saturated heterocycles. The fraction of sp³-hybridized carbons (Fsp3) is 0.464. The molecule has 0 spiro atoms. The summed E-state index contributed by atoms with van der Waals surface area (Å²) in [6.07, 6.45) is 1.44. The minimum atomic E-state index is -4.58. The topological polar surface area (TPSA) is 120 Å². The average Bonchev–Trinajstić information content (AvgIpc) is 3.58. The maximum absolute atomic E-state index is 13.0. The van der Waals surface area contributed by atoms with Gasteiger partial charge in [0.1, 0.15) is 16.3 Å². The van der Waals surface area contributed by atoms with Crippen LogP contribution in [0, 0.1) is 12.8 Å². The van der Waals surface area contributed by atoms with E-state index in [4.69, 9.17) is 0 Å². The van der Waals surface area contributed by atoms with Gasteiger partial charge in [-0.05, 0) is 68.4 Å². The molecule has 2 amide bonds. The van der Waals surface area contributed by atoms with E-state index in [0.29, 0.717) is 55.9 Å². The fourth-order valence-corrected chi connectivity index (χ4v) is 6.35. The number of aryl methyl sites for hydroxylation is 1. The lowest BCUT2D eigenvalue weighted by molar-refractivity contribution is -0.141. The predicted octanol–water partition coefficient (Wildman–Crippen LogP) is 4.79. The molecule has 0 bridgehead atoms. The second kappa shape index (κ2) is 11.7. The Kier molecular flexibility index (Phi) is 8.28. The Morgan fingerprint density at radius 3 is 2.71 bits per heavy atom. The van der Waals surface area contributed by atoms with Crippen LogP contribution in [0.15, 0.2) is 36.7 Å². The Hall–Kier alpha value is -3.58. The highest BCUT2D eigenvalue weighted by Crippen LogP contribution is 2.43. The van der Waals surface area contributed by atoms with Gasteiger partial charge >= 0.3 is 6.18 Å². The van der Waals surface area contributed by atoms with Gasteiger partial charge < -0.3 is 20.6 Å². The molecule has 13 heteroatoms. The van der Waals surface area contributed by atoms with Crippen molar-refractivity contribution in [3.05, 3.63) is 52.9 Å². The number of carbonyl (C=O) groups is 2. The summed E-state index contributed by atoms with van der Waals surface area (Å²) < 4.78 is 39.1. The molecule has 2 fully saturated rings. The highest BCUT2D eigenvalue weighted by Gasteiger charge is 2.39. The Labute approximate surface area is 239 Å². The van der Waals surface area contributed by atoms with E-state index in [-0.39, 0.29) is 23.7 Å². The van der Waals surface area contributed by atoms with Gasteiger partial charge in [-0.2, -0.15) is 13.2 Å². The number of carbonyl (C=O) groups excluding carboxylic acids is 2. The van der Waals surface area contributed by atoms with E-state index in [0.717, 1.165) is 41.2 Å². The second-order valence-corrected chi connectivity index (χ2v) is 11.6. The van der Waals surface area contributed by atoms with Crippen LogP contribution in [-0.2, 0) is 21.4 Å². The zero-order chi connectivity index (χ0) is 29.2. The standard InChI is InChI=1S/C28H31F3N6O3S/c1-17-13-19(15-20(14-17)35-26-33-9-6-22(36-26)28(29,30)31)21-16-34-25(41-21)27(40)7-4-18(5-8-27)24(39)32-10-12-37-11-2-3-23(37)38/h6,9,13-16,18,40H,2-5,7-8,10-12H2,1H3,(H,32,39)(H,33,35,36)/t18-,27-. The number of thiazole rings is 1. The maximum Gasteiger partial charge on any atom is 0.433 e. The molecule has 3 heterocycles. The molecule has 2 aliphatic rings. The molecule has 5 rings (SSSR count). The molecule has 41 heavy (non-hydrogen) atoms. The lowest BCUT2D eigenvalue weighted by Gasteiger charge is -2.34. The number of hydrogen-bond donors (Lipinski definition) is 3. The molecule has 0 atom stereocenters. The molecule has 3 aromatic rings. The number of anilines is 2. The first kappa shape index (κ1) is 28.9. The van der Waals surface area contributed by atoms with Crippen LogP contribution in [-0.4, -0.2) is 56.4 Å². The first-order valence-electron chi connectivity index (χ1n) is 13.5. The van der Waals surface area contributed by atoms with Gasteiger partial charge in [0.15, 0.2) is 0 Å². The van der Waals surface area contributed by atoms with Crippen LogP contribution in [0.5, 0.6) is 0 Å². The first-order valence-corrected chi connectivity index (χ1v) is 14.4. The molecule has 1 aliphatic carbocycles. The number of aliphatic hydroxyl groups is 1. The van der Waals surface area contributed by atoms with E-state index < -0.39 is 17.5 Å². The van der Waals surface area contributed by atoms with Gasteiger partial charge in [-0.1, -0.05) is 6.07 Å². The average molecular weight is 589 g/mol. The van der Waals surface area contributed by atoms with Crippen molar-refractivity contribution in [2.24, 2.45) is 5.92 Å². The van der Waals surface area contributed by atoms with Crippen LogP contribution in [0.3, 0.4) is 0 Å². The quantitative estimate of drug-likeness (QED) is 0.346. The van der Waals surface area contributed by atoms with Crippen molar-refractivity contribution in [2.75, 3.05) is 25.0 Å². The van der Waals surface area contributed by atoms with Gasteiger partial charge in [0.2, 0.25) is 17.8 Å². The highest BCUT2D eigenvalue weighted by molar-refractivity contribution is 7.15. The van der Waals surface area contributed by atoms with Crippen molar-refractivity contribution >= 4 is 34.8 Å². The number of hydrogen-bond acceptors (Lipinski definition) is 8. The van der Waals surface area contributed by atoms with Crippen molar-refractivity contribution in [1.82, 2.24) is 25.2 Å². The Morgan fingerprint density at radius 1 is 1.22 bits per heavy atom. The number of benzene rings is 1. The molecular formula is C28H31F3N6O3S. The summed E-state index contributed by atoms with van der Waals surface area (Å²) >= 11 is 1.35. The predicted molar refractivity (Wildman–Crippen MR) is 147 cm³/mol. The zero-order valence-electron chi connectivity index (χ0n) is 22.5. The van der Waals surface area contributed by atoms with Crippen molar-refractivity contribution in [1.29, 1.82) is 0 Å². The smallest absolute Gasteiger partial charge is 0.383 e. The molecule has 218 valence electrons. The van der Waals surface area contributed by atoms with Crippen molar-refractivity contribution in [3.8, 4) is 10.4 Å². The van der Waals surface area contributed by atoms with Gasteiger partial charge in [-0.15, -0.1) is 11.3 Å². The molecule has 2 aromatic heterocycles. The summed E-state index contributed by atoms with van der Waals surface area (Å²) in [6.45, 7) is 3.55. The zero-order valence-corrected chi connectivity index (χ0v) is 23.3. The normalized spacial score (nSPS) is 21.2. The van der Waals surface area contributed by atoms with Crippen LogP contribution in [0.2, 0.25) is 0 Å². The lowest BCUT2D eigenvalue weighted by Crippen LogP contribution is -2.41. The van der Waals surface area contributed by atoms with E-state index in [1.165, 1.54) is 11.3 Å². The Bertz CT molecular complexity index is 1420. The third kappa shape index (κ3) is 6.84. The summed E-state index contributed by atoms with van der Waals surface area (Å²) in [6, 6.07) is 6.29. The van der Waals surface area contributed by atoms with Crippen molar-refractivity contribution < 1.29 is 27.9 Å². The van der Waals surface area contributed by atoms with E-state index in [1.54, 1.807) is 23.2 Å². The first-order chi connectivity index (χ1) is 19.5. The van der Waals surface area contributed by atoms with Crippen LogP contribution < -0.4 is 10.6 Å². The monoisotopic (exact) mass is 588 g/mol. The van der Waals surface area contributed by atoms with Gasteiger partial charge in [0.25, 0.3) is 0 Å². The summed E-state index contributed by atoms with van der Waals surface area (Å²) in [4.78, 5) is 38.9. The van der Waals surface area contributed by atoms with Crippen molar-refractivity contribution in [3.63, 3.8) is 0 Å². The van der Waals surface area contributed by atoms with E-state index >= 15 is 0 Å². The number of alkyl halides is 3. The molecule has 1 saturated carbocycles. The largest absolute Gasteiger partial charge is 0.433 e. The van der Waals surface area contributed by atoms with E-state index in [9.17, 15) is 27.9 Å². The lowest BCUT2D eigenvalue weighted by atomic mass is 9.78. The van der Waals surface area contributed by atoms with E-state index in [1.807, 2.05) is 13.0 Å². The van der Waals surface area contributed by atoms with Gasteiger partial charge in [-0.3, -0.25) is 9.59 Å². The number of halogens is 3. The minimum Gasteiger partial charge on any atom is -0.383 e. The molecule has 0 unspecified atom stereocenters.